The van der Waals surface area contributed by atoms with E-state index in [-0.39, 0.29) is 0 Å². The molecule has 0 amide bonds. The first kappa shape index (κ1) is 11.1. The van der Waals surface area contributed by atoms with Crippen LogP contribution in [0, 0.1) is 11.3 Å². The second-order valence-corrected chi connectivity index (χ2v) is 5.32. The fourth-order valence-corrected chi connectivity index (χ4v) is 2.35. The molecular weight excluding hydrogens is 181 g/mol. The fraction of sp³-hybridized carbons (Fsp3) is 0.900. The minimum atomic E-state index is -0.495. The van der Waals surface area contributed by atoms with Crippen LogP contribution < -0.4 is 4.89 Å². The molecule has 0 N–H and O–H groups in total. The van der Waals surface area contributed by atoms with Gasteiger partial charge in [0.05, 0.1) is 0 Å². The number of hydrogen-bond donors (Lipinski definition) is 0. The Morgan fingerprint density at radius 2 is 1.85 bits per heavy atom. The Balaban J connectivity index is 2.44. The first-order chi connectivity index (χ1) is 6.04. The van der Waals surface area contributed by atoms with Crippen molar-refractivity contribution >= 4 is 14.7 Å². The van der Waals surface area contributed by atoms with Crippen molar-refractivity contribution in [3.05, 3.63) is 0 Å². The molecule has 1 atom stereocenters. The Labute approximate surface area is 82.8 Å². The van der Waals surface area contributed by atoms with Gasteiger partial charge in [-0.1, -0.05) is 29.7 Å². The third-order valence-electron chi connectivity index (χ3n) is 2.99. The second kappa shape index (κ2) is 4.52. The highest BCUT2D eigenvalue weighted by atomic mass is 31.1. The van der Waals surface area contributed by atoms with Crippen molar-refractivity contribution in [2.75, 3.05) is 0 Å². The maximum Gasteiger partial charge on any atom is 0.0150 e. The van der Waals surface area contributed by atoms with Crippen LogP contribution in [0.2, 0.25) is 0 Å². The predicted octanol–water partition coefficient (Wildman–Crippen LogP) is 2.53. The van der Waals surface area contributed by atoms with Gasteiger partial charge in [0.25, 0.3) is 0 Å². The summed E-state index contributed by atoms with van der Waals surface area (Å²) in [7, 11) is -0.495. The summed E-state index contributed by atoms with van der Waals surface area (Å²) in [6.07, 6.45) is 4.54. The minimum absolute atomic E-state index is 0.422. The van der Waals surface area contributed by atoms with E-state index in [9.17, 15) is 4.89 Å². The highest BCUT2D eigenvalue weighted by Crippen LogP contribution is 2.37. The molecule has 0 saturated heterocycles. The lowest BCUT2D eigenvalue weighted by molar-refractivity contribution is -0.150. The molecular formula is C10H19NOP-. The van der Waals surface area contributed by atoms with Crippen molar-refractivity contribution in [1.29, 1.82) is 0 Å². The third kappa shape index (κ3) is 3.36. The Kier molecular flexibility index (Phi) is 3.87. The van der Waals surface area contributed by atoms with Gasteiger partial charge < -0.3 is 4.89 Å². The van der Waals surface area contributed by atoms with E-state index >= 15 is 0 Å². The maximum atomic E-state index is 10.3. The van der Waals surface area contributed by atoms with E-state index in [1.807, 2.05) is 0 Å². The molecule has 1 saturated carbocycles. The molecule has 2 nitrogen and oxygen atoms in total. The second-order valence-electron chi connectivity index (χ2n) is 4.91. The van der Waals surface area contributed by atoms with Gasteiger partial charge in [0.15, 0.2) is 0 Å². The van der Waals surface area contributed by atoms with Crippen LogP contribution in [0.3, 0.4) is 0 Å². The molecule has 1 unspecified atom stereocenters. The Morgan fingerprint density at radius 1 is 1.31 bits per heavy atom. The topological polar surface area (TPSA) is 35.4 Å². The smallest absolute Gasteiger partial charge is 0.0150 e. The zero-order chi connectivity index (χ0) is 9.90. The lowest BCUT2D eigenvalue weighted by Crippen LogP contribution is -2.25. The average Bonchev–Trinajstić information content (AvgIpc) is 2.04. The summed E-state index contributed by atoms with van der Waals surface area (Å²) in [5.74, 6) is 0.807. The molecule has 0 heterocycles. The van der Waals surface area contributed by atoms with E-state index < -0.39 is 8.96 Å². The standard InChI is InChI=1S/C10H19NOP/c1-10(2,3)8-4-6-9(7-5-8)11-13-12/h8,13H,4-7H2,1-3H3/q-1. The van der Waals surface area contributed by atoms with Crippen LogP contribution in [0.1, 0.15) is 46.5 Å². The molecule has 1 rings (SSSR count). The van der Waals surface area contributed by atoms with Crippen molar-refractivity contribution in [1.82, 2.24) is 0 Å². The molecule has 1 fully saturated rings. The predicted molar refractivity (Wildman–Crippen MR) is 57.2 cm³/mol. The highest BCUT2D eigenvalue weighted by molar-refractivity contribution is 7.28. The summed E-state index contributed by atoms with van der Waals surface area (Å²) in [6.45, 7) is 6.90. The average molecular weight is 200 g/mol. The fourth-order valence-electron chi connectivity index (χ4n) is 1.99. The summed E-state index contributed by atoms with van der Waals surface area (Å²) in [5, 5.41) is 0. The van der Waals surface area contributed by atoms with E-state index in [2.05, 4.69) is 25.5 Å². The molecule has 0 aromatic heterocycles. The number of rotatable bonds is 1. The van der Waals surface area contributed by atoms with Gasteiger partial charge in [-0.3, -0.25) is 4.76 Å². The number of hydrogen-bond acceptors (Lipinski definition) is 2. The lowest BCUT2D eigenvalue weighted by atomic mass is 9.72. The summed E-state index contributed by atoms with van der Waals surface area (Å²) >= 11 is 0. The normalized spacial score (nSPS) is 25.5. The van der Waals surface area contributed by atoms with Crippen molar-refractivity contribution < 1.29 is 4.89 Å². The van der Waals surface area contributed by atoms with Gasteiger partial charge in [-0.2, -0.15) is 0 Å². The van der Waals surface area contributed by atoms with Crippen molar-refractivity contribution in [2.45, 2.75) is 46.5 Å². The van der Waals surface area contributed by atoms with Gasteiger partial charge in [-0.15, -0.1) is 0 Å². The van der Waals surface area contributed by atoms with Gasteiger partial charge in [-0.25, -0.2) is 0 Å². The molecule has 0 radical (unpaired) electrons. The van der Waals surface area contributed by atoms with Crippen molar-refractivity contribution in [3.63, 3.8) is 0 Å². The molecule has 0 aromatic rings. The van der Waals surface area contributed by atoms with Gasteiger partial charge in [0.2, 0.25) is 0 Å². The van der Waals surface area contributed by atoms with Crippen LogP contribution >= 0.6 is 8.96 Å². The van der Waals surface area contributed by atoms with Gasteiger partial charge >= 0.3 is 0 Å². The van der Waals surface area contributed by atoms with Crippen LogP contribution in [0.4, 0.5) is 0 Å². The van der Waals surface area contributed by atoms with Crippen LogP contribution in [0.5, 0.6) is 0 Å². The first-order valence-corrected chi connectivity index (χ1v) is 5.82. The summed E-state index contributed by atoms with van der Waals surface area (Å²) in [5.41, 5.74) is 1.58. The molecule has 1 aliphatic carbocycles. The Morgan fingerprint density at radius 3 is 2.23 bits per heavy atom. The van der Waals surface area contributed by atoms with Crippen LogP contribution in [-0.2, 0) is 0 Å². The Bertz CT molecular complexity index is 186. The molecule has 13 heavy (non-hydrogen) atoms. The largest absolute Gasteiger partial charge is 0.814 e. The SMILES string of the molecule is CC(C)(C)C1CCC(=NP[O-])CC1. The van der Waals surface area contributed by atoms with E-state index in [4.69, 9.17) is 0 Å². The van der Waals surface area contributed by atoms with E-state index in [1.165, 1.54) is 12.8 Å². The minimum Gasteiger partial charge on any atom is -0.814 e. The molecule has 0 bridgehead atoms. The monoisotopic (exact) mass is 200 g/mol. The van der Waals surface area contributed by atoms with Crippen molar-refractivity contribution in [3.8, 4) is 0 Å². The molecule has 76 valence electrons. The molecule has 1 aliphatic rings. The Hall–Kier alpha value is 0.0600. The van der Waals surface area contributed by atoms with E-state index in [0.29, 0.717) is 5.41 Å². The third-order valence-corrected chi connectivity index (χ3v) is 3.40. The number of nitrogens with zero attached hydrogens (tertiary/aromatic N) is 1. The summed E-state index contributed by atoms with van der Waals surface area (Å²) in [4.78, 5) is 10.3. The molecule has 0 spiro atoms. The van der Waals surface area contributed by atoms with Gasteiger partial charge in [0.1, 0.15) is 0 Å². The van der Waals surface area contributed by atoms with Crippen LogP contribution in [0.25, 0.3) is 0 Å². The van der Waals surface area contributed by atoms with Crippen molar-refractivity contribution in [2.24, 2.45) is 16.1 Å². The molecule has 3 heteroatoms. The van der Waals surface area contributed by atoms with Crippen LogP contribution in [0.15, 0.2) is 4.76 Å². The quantitative estimate of drug-likeness (QED) is 0.599. The molecule has 0 aromatic carbocycles. The van der Waals surface area contributed by atoms with E-state index in [0.717, 1.165) is 24.5 Å². The first-order valence-electron chi connectivity index (χ1n) is 4.96. The zero-order valence-electron chi connectivity index (χ0n) is 8.76. The summed E-state index contributed by atoms with van der Waals surface area (Å²) in [6, 6.07) is 0. The van der Waals surface area contributed by atoms with Crippen LogP contribution in [-0.4, -0.2) is 5.71 Å². The zero-order valence-corrected chi connectivity index (χ0v) is 9.76. The van der Waals surface area contributed by atoms with Gasteiger partial charge in [-0.05, 0) is 37.0 Å². The van der Waals surface area contributed by atoms with E-state index in [1.54, 1.807) is 0 Å². The van der Waals surface area contributed by atoms with Gasteiger partial charge in [0, 0.05) is 5.71 Å². The lowest BCUT2D eigenvalue weighted by Gasteiger charge is -2.34. The molecule has 0 aliphatic heterocycles. The summed E-state index contributed by atoms with van der Waals surface area (Å²) < 4.78 is 3.99. The maximum absolute atomic E-state index is 10.3. The highest BCUT2D eigenvalue weighted by Gasteiger charge is 2.27.